The molecule has 0 saturated heterocycles. The SMILES string of the molecule is O=C1OC(c2cccc(Cl)c2)=N/C1=C\c1c(Cl)nc2sccn12. The molecule has 0 radical (unpaired) electrons. The summed E-state index contributed by atoms with van der Waals surface area (Å²) in [5, 5.41) is 2.73. The fraction of sp³-hybridized carbons (Fsp3) is 0. The molecule has 1 aliphatic heterocycles. The molecular weight excluding hydrogens is 357 g/mol. The van der Waals surface area contributed by atoms with E-state index in [0.717, 1.165) is 4.96 Å². The second-order valence-corrected chi connectivity index (χ2v) is 6.36. The number of carbonyl (C=O) groups excluding carboxylic acids is 1. The van der Waals surface area contributed by atoms with E-state index < -0.39 is 5.97 Å². The van der Waals surface area contributed by atoms with E-state index in [0.29, 0.717) is 21.4 Å². The second kappa shape index (κ2) is 5.49. The highest BCUT2D eigenvalue weighted by Gasteiger charge is 2.25. The van der Waals surface area contributed by atoms with Crippen LogP contribution < -0.4 is 0 Å². The highest BCUT2D eigenvalue weighted by atomic mass is 35.5. The number of ether oxygens (including phenoxy) is 1. The summed E-state index contributed by atoms with van der Waals surface area (Å²) < 4.78 is 7.00. The first-order chi connectivity index (χ1) is 11.1. The van der Waals surface area contributed by atoms with E-state index in [1.165, 1.54) is 11.3 Å². The van der Waals surface area contributed by atoms with E-state index in [-0.39, 0.29) is 11.6 Å². The third kappa shape index (κ3) is 2.55. The van der Waals surface area contributed by atoms with Gasteiger partial charge in [-0.2, -0.15) is 0 Å². The lowest BCUT2D eigenvalue weighted by atomic mass is 10.2. The minimum Gasteiger partial charge on any atom is -0.402 e. The lowest BCUT2D eigenvalue weighted by molar-refractivity contribution is -0.129. The van der Waals surface area contributed by atoms with Crippen molar-refractivity contribution in [3.63, 3.8) is 0 Å². The third-order valence-corrected chi connectivity index (χ3v) is 4.49. The number of imidazole rings is 1. The molecule has 1 aromatic carbocycles. The van der Waals surface area contributed by atoms with Crippen molar-refractivity contribution in [2.45, 2.75) is 0 Å². The summed E-state index contributed by atoms with van der Waals surface area (Å²) in [5.41, 5.74) is 1.38. The fourth-order valence-corrected chi connectivity index (χ4v) is 3.38. The minimum atomic E-state index is -0.541. The summed E-state index contributed by atoms with van der Waals surface area (Å²) >= 11 is 13.5. The molecule has 0 N–H and O–H groups in total. The zero-order valence-electron chi connectivity index (χ0n) is 11.4. The van der Waals surface area contributed by atoms with Crippen LogP contribution in [0.2, 0.25) is 10.2 Å². The molecule has 0 amide bonds. The lowest BCUT2D eigenvalue weighted by Gasteiger charge is -1.98. The summed E-state index contributed by atoms with van der Waals surface area (Å²) in [5.74, 6) is -0.327. The molecule has 4 rings (SSSR count). The molecular formula is C15H7Cl2N3O2S. The predicted octanol–water partition coefficient (Wildman–Crippen LogP) is 4.05. The Morgan fingerprint density at radius 3 is 3.00 bits per heavy atom. The number of esters is 1. The summed E-state index contributed by atoms with van der Waals surface area (Å²) in [4.78, 5) is 21.2. The molecule has 0 aliphatic carbocycles. The number of thiazole rings is 1. The molecule has 0 spiro atoms. The van der Waals surface area contributed by atoms with Gasteiger partial charge >= 0.3 is 5.97 Å². The van der Waals surface area contributed by atoms with Crippen LogP contribution in [0.1, 0.15) is 11.3 Å². The van der Waals surface area contributed by atoms with Crippen LogP contribution in [0, 0.1) is 0 Å². The van der Waals surface area contributed by atoms with Crippen LogP contribution in [-0.2, 0) is 9.53 Å². The van der Waals surface area contributed by atoms with Crippen molar-refractivity contribution in [3.8, 4) is 0 Å². The van der Waals surface area contributed by atoms with Gasteiger partial charge in [0.05, 0.1) is 5.69 Å². The highest BCUT2D eigenvalue weighted by Crippen LogP contribution is 2.26. The Hall–Kier alpha value is -2.15. The van der Waals surface area contributed by atoms with Gasteiger partial charge in [-0.3, -0.25) is 4.40 Å². The smallest absolute Gasteiger partial charge is 0.363 e. The van der Waals surface area contributed by atoms with Crippen LogP contribution in [0.4, 0.5) is 0 Å². The van der Waals surface area contributed by atoms with Crippen molar-refractivity contribution in [2.24, 2.45) is 4.99 Å². The van der Waals surface area contributed by atoms with Crippen molar-refractivity contribution in [1.29, 1.82) is 0 Å². The van der Waals surface area contributed by atoms with Crippen molar-refractivity contribution in [3.05, 3.63) is 63.0 Å². The minimum absolute atomic E-state index is 0.162. The maximum Gasteiger partial charge on any atom is 0.363 e. The molecule has 1 aliphatic rings. The van der Waals surface area contributed by atoms with E-state index in [2.05, 4.69) is 9.98 Å². The van der Waals surface area contributed by atoms with Gasteiger partial charge in [0.25, 0.3) is 0 Å². The molecule has 0 bridgehead atoms. The van der Waals surface area contributed by atoms with Gasteiger partial charge in [0, 0.05) is 22.2 Å². The first-order valence-corrected chi connectivity index (χ1v) is 8.15. The molecule has 0 atom stereocenters. The topological polar surface area (TPSA) is 56.0 Å². The predicted molar refractivity (Wildman–Crippen MR) is 90.1 cm³/mol. The van der Waals surface area contributed by atoms with E-state index in [9.17, 15) is 4.79 Å². The van der Waals surface area contributed by atoms with Gasteiger partial charge in [-0.25, -0.2) is 14.8 Å². The molecule has 3 heterocycles. The normalized spacial score (nSPS) is 16.2. The third-order valence-electron chi connectivity index (χ3n) is 3.22. The van der Waals surface area contributed by atoms with Crippen LogP contribution in [-0.4, -0.2) is 21.3 Å². The van der Waals surface area contributed by atoms with Crippen LogP contribution in [0.15, 0.2) is 46.5 Å². The molecule has 23 heavy (non-hydrogen) atoms. The number of hydrogen-bond acceptors (Lipinski definition) is 5. The maximum absolute atomic E-state index is 12.0. The Balaban J connectivity index is 1.78. The number of cyclic esters (lactones) is 1. The molecule has 114 valence electrons. The van der Waals surface area contributed by atoms with Crippen molar-refractivity contribution in [2.75, 3.05) is 0 Å². The Bertz CT molecular complexity index is 1000. The average molecular weight is 364 g/mol. The van der Waals surface area contributed by atoms with Crippen LogP contribution >= 0.6 is 34.5 Å². The van der Waals surface area contributed by atoms with E-state index in [4.69, 9.17) is 27.9 Å². The molecule has 8 heteroatoms. The molecule has 3 aromatic rings. The molecule has 2 aromatic heterocycles. The molecule has 0 unspecified atom stereocenters. The van der Waals surface area contributed by atoms with Crippen LogP contribution in [0.3, 0.4) is 0 Å². The molecule has 5 nitrogen and oxygen atoms in total. The van der Waals surface area contributed by atoms with Gasteiger partial charge in [0.2, 0.25) is 5.90 Å². The summed E-state index contributed by atoms with van der Waals surface area (Å²) in [7, 11) is 0. The number of aliphatic imine (C=N–C) groups is 1. The lowest BCUT2D eigenvalue weighted by Crippen LogP contribution is -2.05. The number of aromatic nitrogens is 2. The Morgan fingerprint density at radius 2 is 2.17 bits per heavy atom. The molecule has 0 saturated carbocycles. The summed E-state index contributed by atoms with van der Waals surface area (Å²) in [6.45, 7) is 0. The van der Waals surface area contributed by atoms with Gasteiger partial charge in [0.15, 0.2) is 15.8 Å². The Labute approximate surface area is 144 Å². The Morgan fingerprint density at radius 1 is 1.30 bits per heavy atom. The number of rotatable bonds is 2. The van der Waals surface area contributed by atoms with Crippen molar-refractivity contribution in [1.82, 2.24) is 9.38 Å². The number of fused-ring (bicyclic) bond motifs is 1. The largest absolute Gasteiger partial charge is 0.402 e. The first-order valence-electron chi connectivity index (χ1n) is 6.51. The van der Waals surface area contributed by atoms with Gasteiger partial charge in [-0.1, -0.05) is 29.3 Å². The monoisotopic (exact) mass is 363 g/mol. The number of halogens is 2. The van der Waals surface area contributed by atoms with Gasteiger partial charge in [-0.15, -0.1) is 11.3 Å². The maximum atomic E-state index is 12.0. The van der Waals surface area contributed by atoms with Gasteiger partial charge in [0.1, 0.15) is 0 Å². The van der Waals surface area contributed by atoms with E-state index in [1.54, 1.807) is 34.7 Å². The zero-order valence-corrected chi connectivity index (χ0v) is 13.7. The Kier molecular flexibility index (Phi) is 3.45. The number of benzene rings is 1. The van der Waals surface area contributed by atoms with Crippen molar-refractivity contribution >= 4 is 57.4 Å². The summed E-state index contributed by atoms with van der Waals surface area (Å²) in [6.07, 6.45) is 3.39. The molecule has 0 fully saturated rings. The first kappa shape index (κ1) is 14.4. The fourth-order valence-electron chi connectivity index (χ4n) is 2.19. The van der Waals surface area contributed by atoms with Crippen LogP contribution in [0.5, 0.6) is 0 Å². The standard InChI is InChI=1S/C15H7Cl2N3O2S/c16-9-3-1-2-8(6-9)13-18-10(14(21)22-13)7-11-12(17)19-15-20(11)4-5-23-15/h1-7H/b10-7-. The number of hydrogen-bond donors (Lipinski definition) is 0. The number of carbonyl (C=O) groups is 1. The van der Waals surface area contributed by atoms with Gasteiger partial charge < -0.3 is 4.74 Å². The van der Waals surface area contributed by atoms with E-state index in [1.807, 2.05) is 11.6 Å². The zero-order chi connectivity index (χ0) is 16.0. The average Bonchev–Trinajstić information content (AvgIpc) is 3.18. The van der Waals surface area contributed by atoms with E-state index >= 15 is 0 Å². The summed E-state index contributed by atoms with van der Waals surface area (Å²) in [6, 6.07) is 6.94. The highest BCUT2D eigenvalue weighted by molar-refractivity contribution is 7.15. The van der Waals surface area contributed by atoms with Gasteiger partial charge in [-0.05, 0) is 24.3 Å². The number of nitrogens with zero attached hydrogens (tertiary/aromatic N) is 3. The second-order valence-electron chi connectivity index (χ2n) is 4.69. The van der Waals surface area contributed by atoms with Crippen molar-refractivity contribution < 1.29 is 9.53 Å². The van der Waals surface area contributed by atoms with Crippen LogP contribution in [0.25, 0.3) is 11.0 Å². The quantitative estimate of drug-likeness (QED) is 0.509.